The van der Waals surface area contributed by atoms with E-state index in [1.165, 1.54) is 19.3 Å². The lowest BCUT2D eigenvalue weighted by Crippen LogP contribution is -2.53. The van der Waals surface area contributed by atoms with E-state index in [0.717, 1.165) is 42.5 Å². The van der Waals surface area contributed by atoms with Crippen molar-refractivity contribution < 1.29 is 9.47 Å². The Hall–Kier alpha value is 0.650. The first-order valence-corrected chi connectivity index (χ1v) is 8.88. The quantitative estimate of drug-likeness (QED) is 0.384. The van der Waals surface area contributed by atoms with Crippen LogP contribution in [0.1, 0.15) is 46.5 Å². The lowest BCUT2D eigenvalue weighted by Gasteiger charge is -2.48. The predicted octanol–water partition coefficient (Wildman–Crippen LogP) is 4.06. The van der Waals surface area contributed by atoms with Gasteiger partial charge in [0, 0.05) is 11.0 Å². The highest BCUT2D eigenvalue weighted by Crippen LogP contribution is 2.63. The minimum atomic E-state index is 0.103. The molecule has 0 aromatic rings. The van der Waals surface area contributed by atoms with Gasteiger partial charge in [-0.1, -0.05) is 43.4 Å². The topological polar surface area (TPSA) is 18.5 Å². The summed E-state index contributed by atoms with van der Waals surface area (Å²) in [7, 11) is 0. The Morgan fingerprint density at radius 3 is 2.39 bits per heavy atom. The van der Waals surface area contributed by atoms with Gasteiger partial charge in [-0.25, -0.2) is 0 Å². The van der Waals surface area contributed by atoms with Crippen LogP contribution in [0.3, 0.4) is 0 Å². The molecule has 106 valence electrons. The van der Waals surface area contributed by atoms with E-state index in [4.69, 9.17) is 9.47 Å². The lowest BCUT2D eigenvalue weighted by molar-refractivity contribution is -0.145. The van der Waals surface area contributed by atoms with Gasteiger partial charge in [-0.05, 0) is 42.9 Å². The molecule has 2 aliphatic rings. The number of rotatable bonds is 7. The summed E-state index contributed by atoms with van der Waals surface area (Å²) in [6.07, 6.45) is 5.25. The van der Waals surface area contributed by atoms with Gasteiger partial charge in [0.05, 0.1) is 18.8 Å². The van der Waals surface area contributed by atoms with E-state index in [1.54, 1.807) is 0 Å². The van der Waals surface area contributed by atoms with Crippen molar-refractivity contribution in [2.75, 3.05) is 24.2 Å². The Kier molecular flexibility index (Phi) is 4.98. The molecule has 0 aromatic carbocycles. The molecule has 2 bridgehead atoms. The van der Waals surface area contributed by atoms with Gasteiger partial charge >= 0.3 is 0 Å². The molecule has 3 atom stereocenters. The highest BCUT2D eigenvalue weighted by atomic mass is 127. The van der Waals surface area contributed by atoms with Gasteiger partial charge in [-0.2, -0.15) is 0 Å². The van der Waals surface area contributed by atoms with Crippen molar-refractivity contribution >= 4 is 22.6 Å². The van der Waals surface area contributed by atoms with E-state index < -0.39 is 0 Å². The van der Waals surface area contributed by atoms with Crippen molar-refractivity contribution in [1.29, 1.82) is 0 Å². The number of hydrogen-bond acceptors (Lipinski definition) is 2. The lowest BCUT2D eigenvalue weighted by atomic mass is 9.66. The molecule has 3 unspecified atom stereocenters. The maximum Gasteiger partial charge on any atom is 0.0853 e. The van der Waals surface area contributed by atoms with Gasteiger partial charge in [-0.3, -0.25) is 0 Å². The molecule has 0 spiro atoms. The standard InChI is InChI=1S/C15H27IO2/c1-4-7-17-8-9-18-15(11-16)13-6-5-12(10-13)14(15,2)3/h12-13H,4-11H2,1-3H3. The van der Waals surface area contributed by atoms with Crippen LogP contribution in [0.2, 0.25) is 0 Å². The molecule has 0 aromatic heterocycles. The number of fused-ring (bicyclic) bond motifs is 2. The third kappa shape index (κ3) is 2.35. The van der Waals surface area contributed by atoms with Crippen LogP contribution in [0.15, 0.2) is 0 Å². The summed E-state index contributed by atoms with van der Waals surface area (Å²) in [4.78, 5) is 0. The average molecular weight is 366 g/mol. The fourth-order valence-electron chi connectivity index (χ4n) is 4.08. The van der Waals surface area contributed by atoms with Crippen LogP contribution in [-0.2, 0) is 9.47 Å². The molecule has 0 aliphatic heterocycles. The molecule has 3 heteroatoms. The van der Waals surface area contributed by atoms with E-state index in [2.05, 4.69) is 43.4 Å². The molecule has 2 saturated carbocycles. The fourth-order valence-corrected chi connectivity index (χ4v) is 5.91. The molecule has 0 heterocycles. The van der Waals surface area contributed by atoms with Gasteiger partial charge in [0.25, 0.3) is 0 Å². The molecule has 0 radical (unpaired) electrons. The third-order valence-electron chi connectivity index (χ3n) is 5.34. The highest BCUT2D eigenvalue weighted by molar-refractivity contribution is 14.1. The summed E-state index contributed by atoms with van der Waals surface area (Å²) in [6, 6.07) is 0. The molecule has 18 heavy (non-hydrogen) atoms. The second-order valence-electron chi connectivity index (χ2n) is 6.41. The van der Waals surface area contributed by atoms with E-state index >= 15 is 0 Å². The van der Waals surface area contributed by atoms with Crippen molar-refractivity contribution in [2.24, 2.45) is 17.3 Å². The summed E-state index contributed by atoms with van der Waals surface area (Å²) in [5, 5.41) is 0. The number of alkyl halides is 1. The number of ether oxygens (including phenoxy) is 2. The summed E-state index contributed by atoms with van der Waals surface area (Å²) in [6.45, 7) is 9.35. The monoisotopic (exact) mass is 366 g/mol. The van der Waals surface area contributed by atoms with E-state index in [0.29, 0.717) is 5.41 Å². The summed E-state index contributed by atoms with van der Waals surface area (Å²) in [5.41, 5.74) is 0.438. The Balaban J connectivity index is 1.94. The summed E-state index contributed by atoms with van der Waals surface area (Å²) >= 11 is 2.53. The Bertz CT molecular complexity index is 280. The maximum absolute atomic E-state index is 6.40. The van der Waals surface area contributed by atoms with Crippen LogP contribution in [0.4, 0.5) is 0 Å². The fraction of sp³-hybridized carbons (Fsp3) is 1.00. The van der Waals surface area contributed by atoms with Crippen molar-refractivity contribution in [1.82, 2.24) is 0 Å². The SMILES string of the molecule is CCCOCCOC1(CI)C2CCC(C2)C1(C)C. The Morgan fingerprint density at radius 1 is 1.11 bits per heavy atom. The molecule has 2 aliphatic carbocycles. The van der Waals surface area contributed by atoms with Crippen LogP contribution in [-0.4, -0.2) is 29.8 Å². The van der Waals surface area contributed by atoms with Crippen LogP contribution < -0.4 is 0 Å². The zero-order valence-corrected chi connectivity index (χ0v) is 14.2. The smallest absolute Gasteiger partial charge is 0.0853 e. The Labute approximate surface area is 125 Å². The average Bonchev–Trinajstić information content (AvgIpc) is 2.90. The van der Waals surface area contributed by atoms with Gasteiger partial charge in [0.1, 0.15) is 0 Å². The summed E-state index contributed by atoms with van der Waals surface area (Å²) in [5.74, 6) is 1.65. The molecule has 2 fully saturated rings. The highest BCUT2D eigenvalue weighted by Gasteiger charge is 2.63. The van der Waals surface area contributed by atoms with E-state index in [1.807, 2.05) is 0 Å². The van der Waals surface area contributed by atoms with Crippen LogP contribution >= 0.6 is 22.6 Å². The molecule has 0 saturated heterocycles. The van der Waals surface area contributed by atoms with Crippen LogP contribution in [0.25, 0.3) is 0 Å². The molecule has 2 rings (SSSR count). The van der Waals surface area contributed by atoms with Gasteiger partial charge in [0.2, 0.25) is 0 Å². The van der Waals surface area contributed by atoms with E-state index in [-0.39, 0.29) is 5.60 Å². The van der Waals surface area contributed by atoms with E-state index in [9.17, 15) is 0 Å². The minimum absolute atomic E-state index is 0.103. The van der Waals surface area contributed by atoms with Crippen molar-refractivity contribution in [3.63, 3.8) is 0 Å². The second-order valence-corrected chi connectivity index (χ2v) is 7.18. The van der Waals surface area contributed by atoms with Crippen molar-refractivity contribution in [2.45, 2.75) is 52.1 Å². The molecule has 0 N–H and O–H groups in total. The maximum atomic E-state index is 6.40. The zero-order valence-electron chi connectivity index (χ0n) is 12.0. The second kappa shape index (κ2) is 5.96. The Morgan fingerprint density at radius 2 is 1.83 bits per heavy atom. The van der Waals surface area contributed by atoms with Crippen molar-refractivity contribution in [3.05, 3.63) is 0 Å². The van der Waals surface area contributed by atoms with Gasteiger partial charge < -0.3 is 9.47 Å². The minimum Gasteiger partial charge on any atom is -0.379 e. The summed E-state index contributed by atoms with van der Waals surface area (Å²) < 4.78 is 13.1. The zero-order chi connectivity index (χ0) is 13.2. The van der Waals surface area contributed by atoms with Crippen molar-refractivity contribution in [3.8, 4) is 0 Å². The first-order chi connectivity index (χ1) is 8.58. The van der Waals surface area contributed by atoms with Crippen LogP contribution in [0.5, 0.6) is 0 Å². The van der Waals surface area contributed by atoms with Gasteiger partial charge in [-0.15, -0.1) is 0 Å². The normalized spacial score (nSPS) is 37.3. The number of hydrogen-bond donors (Lipinski definition) is 0. The third-order valence-corrected chi connectivity index (χ3v) is 6.47. The molecular formula is C15H27IO2. The molecular weight excluding hydrogens is 339 g/mol. The predicted molar refractivity (Wildman–Crippen MR) is 83.3 cm³/mol. The van der Waals surface area contributed by atoms with Crippen LogP contribution in [0, 0.1) is 17.3 Å². The largest absolute Gasteiger partial charge is 0.379 e. The van der Waals surface area contributed by atoms with Gasteiger partial charge in [0.15, 0.2) is 0 Å². The molecule has 2 nitrogen and oxygen atoms in total. The molecule has 0 amide bonds. The first kappa shape index (κ1) is 15.0. The number of halogens is 1. The first-order valence-electron chi connectivity index (χ1n) is 7.36.